The maximum absolute atomic E-state index is 13.1. The van der Waals surface area contributed by atoms with E-state index in [1.54, 1.807) is 24.3 Å². The van der Waals surface area contributed by atoms with Gasteiger partial charge in [0.05, 0.1) is 22.5 Å². The molecule has 0 radical (unpaired) electrons. The van der Waals surface area contributed by atoms with Crippen molar-refractivity contribution in [2.45, 2.75) is 42.0 Å². The summed E-state index contributed by atoms with van der Waals surface area (Å²) in [6.07, 6.45) is 3.08. The molecule has 1 aliphatic rings. The highest BCUT2D eigenvalue weighted by atomic mass is 32.2. The third-order valence-corrected chi connectivity index (χ3v) is 9.36. The number of carbonyl (C=O) groups excluding carboxylic acids is 2. The lowest BCUT2D eigenvalue weighted by atomic mass is 9.80. The van der Waals surface area contributed by atoms with Crippen LogP contribution in [0, 0.1) is 23.2 Å². The summed E-state index contributed by atoms with van der Waals surface area (Å²) < 4.78 is 26.2. The average Bonchev–Trinajstić information content (AvgIpc) is 2.89. The Morgan fingerprint density at radius 1 is 1.08 bits per heavy atom. The standard InChI is InChI=1S/C27H34N4O4S2/c1-31(2)22-8-5-6-20(16-22)17-30-26(32)18-36-23-10-12-24(13-11-23)37(34,35)19-21-7-3-4-9-25(21)27(33)29-15-14-28/h5-6,8,10-13,16,21,25H,3-4,7,9,15,17-19H2,1-2H3,(H,29,33)(H,30,32)/t21-,25+/m0/s1. The van der Waals surface area contributed by atoms with Crippen molar-refractivity contribution in [1.82, 2.24) is 10.6 Å². The number of hydrogen-bond donors (Lipinski definition) is 2. The van der Waals surface area contributed by atoms with E-state index in [1.807, 2.05) is 49.3 Å². The summed E-state index contributed by atoms with van der Waals surface area (Å²) in [5, 5.41) is 14.2. The molecular formula is C27H34N4O4S2. The van der Waals surface area contributed by atoms with Crippen molar-refractivity contribution in [3.8, 4) is 6.07 Å². The number of carbonyl (C=O) groups is 2. The molecule has 0 unspecified atom stereocenters. The highest BCUT2D eigenvalue weighted by Gasteiger charge is 2.34. The van der Waals surface area contributed by atoms with Crippen LogP contribution in [0.1, 0.15) is 31.2 Å². The molecular weight excluding hydrogens is 508 g/mol. The Morgan fingerprint density at radius 3 is 2.51 bits per heavy atom. The molecule has 3 rings (SSSR count). The largest absolute Gasteiger partial charge is 0.378 e. The van der Waals surface area contributed by atoms with Gasteiger partial charge in [0.15, 0.2) is 9.84 Å². The predicted octanol–water partition coefficient (Wildman–Crippen LogP) is 3.38. The number of hydrogen-bond acceptors (Lipinski definition) is 7. The minimum absolute atomic E-state index is 0.0738. The smallest absolute Gasteiger partial charge is 0.230 e. The molecule has 0 bridgehead atoms. The molecule has 2 atom stereocenters. The van der Waals surface area contributed by atoms with Crippen LogP contribution in [0.25, 0.3) is 0 Å². The second kappa shape index (κ2) is 13.5. The maximum Gasteiger partial charge on any atom is 0.230 e. The van der Waals surface area contributed by atoms with Crippen LogP contribution in [0.3, 0.4) is 0 Å². The molecule has 8 nitrogen and oxygen atoms in total. The molecule has 1 fully saturated rings. The van der Waals surface area contributed by atoms with E-state index in [0.717, 1.165) is 29.0 Å². The topological polar surface area (TPSA) is 119 Å². The monoisotopic (exact) mass is 542 g/mol. The number of nitrogens with one attached hydrogen (secondary N) is 2. The third kappa shape index (κ3) is 8.51. The maximum atomic E-state index is 13.1. The Bertz CT molecular complexity index is 1220. The zero-order chi connectivity index (χ0) is 26.8. The third-order valence-electron chi connectivity index (χ3n) is 6.49. The highest BCUT2D eigenvalue weighted by Crippen LogP contribution is 2.33. The lowest BCUT2D eigenvalue weighted by Gasteiger charge is -2.30. The molecule has 0 spiro atoms. The molecule has 2 N–H and O–H groups in total. The summed E-state index contributed by atoms with van der Waals surface area (Å²) in [5.74, 6) is -0.876. The first-order valence-electron chi connectivity index (χ1n) is 12.3. The van der Waals surface area contributed by atoms with E-state index in [9.17, 15) is 18.0 Å². The first kappa shape index (κ1) is 28.5. The van der Waals surface area contributed by atoms with Gasteiger partial charge >= 0.3 is 0 Å². The number of anilines is 1. The van der Waals surface area contributed by atoms with E-state index in [4.69, 9.17) is 5.26 Å². The fourth-order valence-electron chi connectivity index (χ4n) is 4.48. The summed E-state index contributed by atoms with van der Waals surface area (Å²) >= 11 is 1.34. The molecule has 10 heteroatoms. The first-order valence-corrected chi connectivity index (χ1v) is 15.0. The zero-order valence-electron chi connectivity index (χ0n) is 21.3. The van der Waals surface area contributed by atoms with Gasteiger partial charge < -0.3 is 15.5 Å². The van der Waals surface area contributed by atoms with Crippen molar-refractivity contribution >= 4 is 39.1 Å². The van der Waals surface area contributed by atoms with Crippen LogP contribution in [0.15, 0.2) is 58.3 Å². The van der Waals surface area contributed by atoms with E-state index in [2.05, 4.69) is 10.6 Å². The highest BCUT2D eigenvalue weighted by molar-refractivity contribution is 8.00. The summed E-state index contributed by atoms with van der Waals surface area (Å²) in [7, 11) is 0.353. The Hall–Kier alpha value is -3.03. The minimum atomic E-state index is -3.58. The van der Waals surface area contributed by atoms with Gasteiger partial charge in [0.1, 0.15) is 6.54 Å². The van der Waals surface area contributed by atoms with Crippen LogP contribution in [-0.2, 0) is 26.0 Å². The van der Waals surface area contributed by atoms with Gasteiger partial charge in [-0.3, -0.25) is 9.59 Å². The SMILES string of the molecule is CN(C)c1cccc(CNC(=O)CSc2ccc(S(=O)(=O)C[C@@H]3CCCC[C@H]3C(=O)NCC#N)cc2)c1. The summed E-state index contributed by atoms with van der Waals surface area (Å²) in [6, 6.07) is 16.4. The van der Waals surface area contributed by atoms with Gasteiger partial charge in [0, 0.05) is 37.1 Å². The molecule has 0 aromatic heterocycles. The van der Waals surface area contributed by atoms with E-state index in [0.29, 0.717) is 19.4 Å². The fraction of sp³-hybridized carbons (Fsp3) is 0.444. The van der Waals surface area contributed by atoms with Crippen molar-refractivity contribution < 1.29 is 18.0 Å². The fourth-order valence-corrected chi connectivity index (χ4v) is 6.91. The molecule has 37 heavy (non-hydrogen) atoms. The Balaban J connectivity index is 1.52. The van der Waals surface area contributed by atoms with Crippen molar-refractivity contribution in [3.05, 3.63) is 54.1 Å². The number of amides is 2. The second-order valence-electron chi connectivity index (χ2n) is 9.41. The lowest BCUT2D eigenvalue weighted by Crippen LogP contribution is -2.39. The van der Waals surface area contributed by atoms with E-state index in [-0.39, 0.29) is 40.7 Å². The summed E-state index contributed by atoms with van der Waals surface area (Å²) in [6.45, 7) is 0.366. The molecule has 0 aliphatic heterocycles. The molecule has 2 aromatic carbocycles. The number of sulfone groups is 1. The van der Waals surface area contributed by atoms with Gasteiger partial charge in [-0.05, 0) is 60.7 Å². The zero-order valence-corrected chi connectivity index (χ0v) is 22.9. The second-order valence-corrected chi connectivity index (χ2v) is 12.5. The minimum Gasteiger partial charge on any atom is -0.378 e. The van der Waals surface area contributed by atoms with Gasteiger partial charge in [0.2, 0.25) is 11.8 Å². The van der Waals surface area contributed by atoms with Crippen LogP contribution in [-0.4, -0.2) is 52.4 Å². The number of nitrogens with zero attached hydrogens (tertiary/aromatic N) is 2. The molecule has 1 aliphatic carbocycles. The van der Waals surface area contributed by atoms with Crippen molar-refractivity contribution in [1.29, 1.82) is 5.26 Å². The normalized spacial score (nSPS) is 17.4. The molecule has 0 heterocycles. The average molecular weight is 543 g/mol. The van der Waals surface area contributed by atoms with Crippen molar-refractivity contribution in [2.24, 2.45) is 11.8 Å². The van der Waals surface area contributed by atoms with Crippen LogP contribution >= 0.6 is 11.8 Å². The van der Waals surface area contributed by atoms with E-state index >= 15 is 0 Å². The number of benzene rings is 2. The van der Waals surface area contributed by atoms with Crippen LogP contribution in [0.5, 0.6) is 0 Å². The quantitative estimate of drug-likeness (QED) is 0.330. The van der Waals surface area contributed by atoms with Gasteiger partial charge in [0.25, 0.3) is 0 Å². The van der Waals surface area contributed by atoms with Gasteiger partial charge in [-0.2, -0.15) is 5.26 Å². The summed E-state index contributed by atoms with van der Waals surface area (Å²) in [5.41, 5.74) is 2.08. The van der Waals surface area contributed by atoms with E-state index < -0.39 is 15.8 Å². The van der Waals surface area contributed by atoms with Gasteiger partial charge in [-0.1, -0.05) is 25.0 Å². The molecule has 198 valence electrons. The Morgan fingerprint density at radius 2 is 1.81 bits per heavy atom. The first-order chi connectivity index (χ1) is 17.7. The Kier molecular flexibility index (Phi) is 10.4. The summed E-state index contributed by atoms with van der Waals surface area (Å²) in [4.78, 5) is 27.8. The van der Waals surface area contributed by atoms with E-state index in [1.165, 1.54) is 11.8 Å². The van der Waals surface area contributed by atoms with Gasteiger partial charge in [-0.15, -0.1) is 11.8 Å². The van der Waals surface area contributed by atoms with Crippen LogP contribution < -0.4 is 15.5 Å². The lowest BCUT2D eigenvalue weighted by molar-refractivity contribution is -0.127. The molecule has 0 saturated heterocycles. The number of rotatable bonds is 11. The predicted molar refractivity (Wildman–Crippen MR) is 146 cm³/mol. The van der Waals surface area contributed by atoms with Crippen LogP contribution in [0.2, 0.25) is 0 Å². The van der Waals surface area contributed by atoms with Crippen molar-refractivity contribution in [3.63, 3.8) is 0 Å². The molecule has 2 amide bonds. The van der Waals surface area contributed by atoms with Crippen LogP contribution in [0.4, 0.5) is 5.69 Å². The van der Waals surface area contributed by atoms with Crippen molar-refractivity contribution in [2.75, 3.05) is 37.0 Å². The molecule has 1 saturated carbocycles. The number of thioether (sulfide) groups is 1. The molecule has 2 aromatic rings. The van der Waals surface area contributed by atoms with Gasteiger partial charge in [-0.25, -0.2) is 8.42 Å². The Labute approximate surface area is 223 Å². The number of nitriles is 1.